The minimum Gasteiger partial charge on any atom is -0.477 e. The molecule has 0 aromatic heterocycles. The molecular formula is C13H17NO5S. The number of β-lactam (4-membered cyclic amide) rings is 1. The summed E-state index contributed by atoms with van der Waals surface area (Å²) in [7, 11) is 0. The smallest absolute Gasteiger partial charge is 0.353 e. The molecule has 0 saturated carbocycles. The van der Waals surface area contributed by atoms with Gasteiger partial charge in [0.15, 0.2) is 6.29 Å². The third kappa shape index (κ3) is 2.57. The zero-order valence-electron chi connectivity index (χ0n) is 11.0. The van der Waals surface area contributed by atoms with E-state index in [9.17, 15) is 14.7 Å². The second kappa shape index (κ2) is 5.75. The molecule has 1 N–H and O–H groups in total. The van der Waals surface area contributed by atoms with Crippen molar-refractivity contribution < 1.29 is 24.2 Å². The number of rotatable bonds is 5. The van der Waals surface area contributed by atoms with E-state index in [2.05, 4.69) is 0 Å². The van der Waals surface area contributed by atoms with Crippen LogP contribution >= 0.6 is 11.8 Å². The van der Waals surface area contributed by atoms with Gasteiger partial charge in [0.25, 0.3) is 0 Å². The van der Waals surface area contributed by atoms with E-state index < -0.39 is 5.97 Å². The monoisotopic (exact) mass is 299 g/mol. The van der Waals surface area contributed by atoms with Crippen molar-refractivity contribution in [2.45, 2.75) is 43.8 Å². The first kappa shape index (κ1) is 13.9. The summed E-state index contributed by atoms with van der Waals surface area (Å²) in [5, 5.41) is 9.22. The maximum atomic E-state index is 11.5. The Bertz CT molecular complexity index is 458. The van der Waals surface area contributed by atoms with Crippen LogP contribution in [-0.2, 0) is 19.1 Å². The van der Waals surface area contributed by atoms with Crippen molar-refractivity contribution >= 4 is 23.6 Å². The molecule has 2 fully saturated rings. The highest BCUT2D eigenvalue weighted by atomic mass is 32.2. The molecule has 3 heterocycles. The van der Waals surface area contributed by atoms with Gasteiger partial charge in [-0.25, -0.2) is 4.79 Å². The highest BCUT2D eigenvalue weighted by Gasteiger charge is 2.48. The van der Waals surface area contributed by atoms with Crippen LogP contribution in [0.5, 0.6) is 0 Å². The largest absolute Gasteiger partial charge is 0.477 e. The standard InChI is InChI=1S/C13H17NO5S/c15-9-7-10-14(9)12(13(16)17)8(20-10)4-6-19-11-3-1-2-5-18-11/h10-11H,1-7H2,(H,16,17). The fraction of sp³-hybridized carbons (Fsp3) is 0.692. The molecule has 3 aliphatic heterocycles. The van der Waals surface area contributed by atoms with Crippen LogP contribution in [0, 0.1) is 0 Å². The molecule has 0 radical (unpaired) electrons. The maximum absolute atomic E-state index is 11.5. The van der Waals surface area contributed by atoms with Crippen LogP contribution in [-0.4, -0.2) is 46.8 Å². The number of ether oxygens (including phenoxy) is 2. The van der Waals surface area contributed by atoms with E-state index in [4.69, 9.17) is 9.47 Å². The fourth-order valence-corrected chi connectivity index (χ4v) is 4.01. The molecular weight excluding hydrogens is 282 g/mol. The van der Waals surface area contributed by atoms with Gasteiger partial charge in [0.2, 0.25) is 5.91 Å². The number of amides is 1. The quantitative estimate of drug-likeness (QED) is 0.776. The van der Waals surface area contributed by atoms with Crippen LogP contribution in [0.15, 0.2) is 10.6 Å². The summed E-state index contributed by atoms with van der Waals surface area (Å²) in [6, 6.07) is 0. The number of fused-ring (bicyclic) bond motifs is 1. The Labute approximate surface area is 121 Å². The Hall–Kier alpha value is -1.05. The maximum Gasteiger partial charge on any atom is 0.353 e. The van der Waals surface area contributed by atoms with Gasteiger partial charge in [0, 0.05) is 17.9 Å². The number of aliphatic carboxylic acids is 1. The van der Waals surface area contributed by atoms with Gasteiger partial charge in [0.05, 0.1) is 18.4 Å². The predicted octanol–water partition coefficient (Wildman–Crippen LogP) is 1.52. The Morgan fingerprint density at radius 1 is 1.50 bits per heavy atom. The minimum absolute atomic E-state index is 0.0190. The molecule has 6 nitrogen and oxygen atoms in total. The average Bonchev–Trinajstić information content (AvgIpc) is 2.73. The lowest BCUT2D eigenvalue weighted by Gasteiger charge is -2.33. The van der Waals surface area contributed by atoms with E-state index >= 15 is 0 Å². The molecule has 2 saturated heterocycles. The summed E-state index contributed by atoms with van der Waals surface area (Å²) in [4.78, 5) is 24.9. The number of carboxylic acids is 1. The molecule has 3 rings (SSSR count). The number of nitrogens with zero attached hydrogens (tertiary/aromatic N) is 1. The topological polar surface area (TPSA) is 76.1 Å². The summed E-state index contributed by atoms with van der Waals surface area (Å²) in [6.07, 6.45) is 3.85. The Balaban J connectivity index is 1.56. The van der Waals surface area contributed by atoms with Gasteiger partial charge in [-0.3, -0.25) is 9.69 Å². The van der Waals surface area contributed by atoms with Crippen molar-refractivity contribution in [3.63, 3.8) is 0 Å². The lowest BCUT2D eigenvalue weighted by Crippen LogP contribution is -2.48. The van der Waals surface area contributed by atoms with Gasteiger partial charge < -0.3 is 14.6 Å². The summed E-state index contributed by atoms with van der Waals surface area (Å²) >= 11 is 1.47. The molecule has 0 aliphatic carbocycles. The summed E-state index contributed by atoms with van der Waals surface area (Å²) in [6.45, 7) is 1.16. The van der Waals surface area contributed by atoms with Crippen molar-refractivity contribution in [3.8, 4) is 0 Å². The molecule has 3 aliphatic rings. The normalized spacial score (nSPS) is 29.4. The van der Waals surface area contributed by atoms with Crippen LogP contribution in [0.25, 0.3) is 0 Å². The lowest BCUT2D eigenvalue weighted by molar-refractivity contribution is -0.161. The van der Waals surface area contributed by atoms with Gasteiger partial charge in [-0.2, -0.15) is 0 Å². The van der Waals surface area contributed by atoms with Crippen molar-refractivity contribution in [1.82, 2.24) is 4.90 Å². The van der Waals surface area contributed by atoms with Gasteiger partial charge in [-0.05, 0) is 19.3 Å². The number of hydrogen-bond acceptors (Lipinski definition) is 5. The molecule has 20 heavy (non-hydrogen) atoms. The Kier molecular flexibility index (Phi) is 4.00. The molecule has 1 amide bonds. The molecule has 0 spiro atoms. The van der Waals surface area contributed by atoms with Gasteiger partial charge in [-0.15, -0.1) is 11.8 Å². The Morgan fingerprint density at radius 3 is 3.00 bits per heavy atom. The van der Waals surface area contributed by atoms with E-state index in [1.807, 2.05) is 0 Å². The van der Waals surface area contributed by atoms with Crippen LogP contribution < -0.4 is 0 Å². The highest BCUT2D eigenvalue weighted by Crippen LogP contribution is 2.47. The highest BCUT2D eigenvalue weighted by molar-refractivity contribution is 8.04. The van der Waals surface area contributed by atoms with Gasteiger partial charge in [0.1, 0.15) is 5.70 Å². The first-order valence-electron chi connectivity index (χ1n) is 6.85. The average molecular weight is 299 g/mol. The van der Waals surface area contributed by atoms with E-state index in [1.54, 1.807) is 0 Å². The summed E-state index contributed by atoms with van der Waals surface area (Å²) in [5.74, 6) is -1.14. The SMILES string of the molecule is O=C(O)C1=C(CCOC2CCCCO2)SC2CC(=O)N12. The second-order valence-electron chi connectivity index (χ2n) is 5.03. The van der Waals surface area contributed by atoms with Crippen LogP contribution in [0.4, 0.5) is 0 Å². The molecule has 7 heteroatoms. The number of carbonyl (C=O) groups excluding carboxylic acids is 1. The van der Waals surface area contributed by atoms with Crippen LogP contribution in [0.3, 0.4) is 0 Å². The van der Waals surface area contributed by atoms with Crippen LogP contribution in [0.1, 0.15) is 32.1 Å². The summed E-state index contributed by atoms with van der Waals surface area (Å²) in [5.41, 5.74) is 0.143. The second-order valence-corrected chi connectivity index (χ2v) is 6.31. The zero-order valence-corrected chi connectivity index (χ0v) is 11.9. The molecule has 110 valence electrons. The van der Waals surface area contributed by atoms with Crippen LogP contribution in [0.2, 0.25) is 0 Å². The zero-order chi connectivity index (χ0) is 14.1. The number of hydrogen-bond donors (Lipinski definition) is 1. The van der Waals surface area contributed by atoms with Gasteiger partial charge in [-0.1, -0.05) is 0 Å². The first-order valence-corrected chi connectivity index (χ1v) is 7.73. The molecule has 2 atom stereocenters. The third-order valence-corrected chi connectivity index (χ3v) is 4.99. The summed E-state index contributed by atoms with van der Waals surface area (Å²) < 4.78 is 11.1. The molecule has 2 unspecified atom stereocenters. The van der Waals surface area contributed by atoms with Gasteiger partial charge >= 0.3 is 5.97 Å². The van der Waals surface area contributed by atoms with Crippen molar-refractivity contribution in [2.75, 3.05) is 13.2 Å². The number of carboxylic acid groups (broad SMARTS) is 1. The van der Waals surface area contributed by atoms with Crippen molar-refractivity contribution in [2.24, 2.45) is 0 Å². The van der Waals surface area contributed by atoms with E-state index in [-0.39, 0.29) is 23.3 Å². The number of carbonyl (C=O) groups is 2. The molecule has 0 aromatic carbocycles. The third-order valence-electron chi connectivity index (χ3n) is 3.66. The van der Waals surface area contributed by atoms with Crippen molar-refractivity contribution in [1.29, 1.82) is 0 Å². The Morgan fingerprint density at radius 2 is 2.35 bits per heavy atom. The number of thioether (sulfide) groups is 1. The fourth-order valence-electron chi connectivity index (χ4n) is 2.63. The van der Waals surface area contributed by atoms with E-state index in [1.165, 1.54) is 16.7 Å². The van der Waals surface area contributed by atoms with E-state index in [0.717, 1.165) is 30.8 Å². The lowest BCUT2D eigenvalue weighted by atomic mass is 10.1. The first-order chi connectivity index (χ1) is 9.66. The van der Waals surface area contributed by atoms with Crippen molar-refractivity contribution in [3.05, 3.63) is 10.6 Å². The predicted molar refractivity (Wildman–Crippen MR) is 71.7 cm³/mol. The molecule has 0 aromatic rings. The van der Waals surface area contributed by atoms with E-state index in [0.29, 0.717) is 19.4 Å². The minimum atomic E-state index is -1.03. The molecule has 0 bridgehead atoms.